The molecule has 1 aliphatic rings. The number of methoxy groups -OCH3 is 2. The largest absolute Gasteiger partial charge is 0.502 e. The summed E-state index contributed by atoms with van der Waals surface area (Å²) in [6, 6.07) is 3.21. The van der Waals surface area contributed by atoms with Gasteiger partial charge in [0.05, 0.1) is 20.8 Å². The number of amides is 1. The van der Waals surface area contributed by atoms with Gasteiger partial charge in [-0.2, -0.15) is 0 Å². The van der Waals surface area contributed by atoms with Crippen LogP contribution in [0.25, 0.3) is 0 Å². The molecule has 0 aliphatic heterocycles. The third kappa shape index (κ3) is 3.25. The first-order valence-corrected chi connectivity index (χ1v) is 7.88. The first-order chi connectivity index (χ1) is 11.5. The van der Waals surface area contributed by atoms with Gasteiger partial charge in [0.2, 0.25) is 11.7 Å². The normalized spacial score (nSPS) is 15.1. The van der Waals surface area contributed by atoms with E-state index in [-0.39, 0.29) is 36.3 Å². The number of hydrogen-bond acceptors (Lipinski definition) is 6. The van der Waals surface area contributed by atoms with Gasteiger partial charge in [-0.15, -0.1) is 0 Å². The van der Waals surface area contributed by atoms with Crippen molar-refractivity contribution in [1.82, 2.24) is 5.32 Å². The third-order valence-corrected chi connectivity index (χ3v) is 4.30. The van der Waals surface area contributed by atoms with E-state index in [4.69, 9.17) is 14.2 Å². The molecule has 0 radical (unpaired) electrons. The molecule has 7 nitrogen and oxygen atoms in total. The number of ether oxygens (including phenoxy) is 3. The van der Waals surface area contributed by atoms with Gasteiger partial charge in [-0.3, -0.25) is 9.59 Å². The average Bonchev–Trinajstić information content (AvgIpc) is 2.53. The standard InChI is InChI=1S/C17H23NO6/c1-4-24-16(21)17(6-5-7-17)15(20)18-10-11-8-12(22-2)14(19)13(9-11)23-3/h8-9,19H,4-7,10H2,1-3H3,(H,18,20). The molecule has 1 aliphatic carbocycles. The zero-order valence-corrected chi connectivity index (χ0v) is 14.2. The van der Waals surface area contributed by atoms with E-state index in [0.717, 1.165) is 6.42 Å². The van der Waals surface area contributed by atoms with E-state index in [0.29, 0.717) is 18.4 Å². The first kappa shape index (κ1) is 17.9. The Bertz CT molecular complexity index is 599. The van der Waals surface area contributed by atoms with E-state index in [1.54, 1.807) is 19.1 Å². The highest BCUT2D eigenvalue weighted by molar-refractivity contribution is 6.03. The molecule has 132 valence electrons. The Morgan fingerprint density at radius 2 is 1.79 bits per heavy atom. The zero-order valence-electron chi connectivity index (χ0n) is 14.2. The number of benzene rings is 1. The van der Waals surface area contributed by atoms with Crippen LogP contribution in [0.5, 0.6) is 17.2 Å². The molecule has 0 saturated heterocycles. The number of phenols is 1. The molecule has 1 aromatic rings. The molecule has 24 heavy (non-hydrogen) atoms. The van der Waals surface area contributed by atoms with Crippen LogP contribution in [0.4, 0.5) is 0 Å². The molecule has 7 heteroatoms. The van der Waals surface area contributed by atoms with Crippen LogP contribution in [0.3, 0.4) is 0 Å². The van der Waals surface area contributed by atoms with Crippen LogP contribution < -0.4 is 14.8 Å². The van der Waals surface area contributed by atoms with Crippen LogP contribution in [0.1, 0.15) is 31.7 Å². The van der Waals surface area contributed by atoms with Gasteiger partial charge in [0, 0.05) is 6.54 Å². The Hall–Kier alpha value is -2.44. The lowest BCUT2D eigenvalue weighted by Crippen LogP contribution is -2.51. The molecule has 1 aromatic carbocycles. The Balaban J connectivity index is 2.10. The minimum Gasteiger partial charge on any atom is -0.502 e. The van der Waals surface area contributed by atoms with E-state index in [2.05, 4.69) is 5.32 Å². The zero-order chi connectivity index (χ0) is 17.7. The van der Waals surface area contributed by atoms with Crippen molar-refractivity contribution in [3.05, 3.63) is 17.7 Å². The fourth-order valence-corrected chi connectivity index (χ4v) is 2.72. The maximum Gasteiger partial charge on any atom is 0.321 e. The van der Waals surface area contributed by atoms with Crippen molar-refractivity contribution in [1.29, 1.82) is 0 Å². The second kappa shape index (κ2) is 7.42. The summed E-state index contributed by atoms with van der Waals surface area (Å²) in [5, 5.41) is 12.7. The number of carbonyl (C=O) groups excluding carboxylic acids is 2. The lowest BCUT2D eigenvalue weighted by Gasteiger charge is -2.37. The Kier molecular flexibility index (Phi) is 5.54. The fraction of sp³-hybridized carbons (Fsp3) is 0.529. The number of phenolic OH excluding ortho intramolecular Hbond substituents is 1. The summed E-state index contributed by atoms with van der Waals surface area (Å²) in [6.45, 7) is 2.16. The molecule has 2 N–H and O–H groups in total. The van der Waals surface area contributed by atoms with Gasteiger partial charge in [0.15, 0.2) is 11.5 Å². The summed E-state index contributed by atoms with van der Waals surface area (Å²) >= 11 is 0. The maximum absolute atomic E-state index is 12.5. The molecular formula is C17H23NO6. The van der Waals surface area contributed by atoms with Gasteiger partial charge >= 0.3 is 5.97 Å². The van der Waals surface area contributed by atoms with E-state index in [1.807, 2.05) is 0 Å². The molecule has 2 rings (SSSR count). The highest BCUT2D eigenvalue weighted by Gasteiger charge is 2.52. The predicted octanol–water partition coefficient (Wildman–Crippen LogP) is 1.76. The maximum atomic E-state index is 12.5. The van der Waals surface area contributed by atoms with Crippen LogP contribution in [0.15, 0.2) is 12.1 Å². The number of rotatable bonds is 7. The SMILES string of the molecule is CCOC(=O)C1(C(=O)NCc2cc(OC)c(O)c(OC)c2)CCC1. The summed E-state index contributed by atoms with van der Waals surface area (Å²) in [4.78, 5) is 24.6. The van der Waals surface area contributed by atoms with Crippen molar-refractivity contribution in [3.63, 3.8) is 0 Å². The minimum atomic E-state index is -1.07. The lowest BCUT2D eigenvalue weighted by atomic mass is 9.68. The summed E-state index contributed by atoms with van der Waals surface area (Å²) in [5.41, 5.74) is -0.380. The average molecular weight is 337 g/mol. The summed E-state index contributed by atoms with van der Waals surface area (Å²) in [7, 11) is 2.86. The molecule has 0 heterocycles. The summed E-state index contributed by atoms with van der Waals surface area (Å²) in [6.07, 6.45) is 1.83. The van der Waals surface area contributed by atoms with Crippen molar-refractivity contribution in [2.45, 2.75) is 32.7 Å². The van der Waals surface area contributed by atoms with Crippen LogP contribution in [0.2, 0.25) is 0 Å². The van der Waals surface area contributed by atoms with E-state index < -0.39 is 11.4 Å². The van der Waals surface area contributed by atoms with Crippen LogP contribution >= 0.6 is 0 Å². The van der Waals surface area contributed by atoms with Crippen molar-refractivity contribution in [2.75, 3.05) is 20.8 Å². The van der Waals surface area contributed by atoms with Crippen molar-refractivity contribution >= 4 is 11.9 Å². The van der Waals surface area contributed by atoms with Gasteiger partial charge in [-0.1, -0.05) is 6.42 Å². The second-order valence-electron chi connectivity index (χ2n) is 5.69. The number of esters is 1. The molecular weight excluding hydrogens is 314 g/mol. The van der Waals surface area contributed by atoms with Crippen molar-refractivity contribution in [3.8, 4) is 17.2 Å². The van der Waals surface area contributed by atoms with Crippen molar-refractivity contribution < 1.29 is 28.9 Å². The monoisotopic (exact) mass is 337 g/mol. The molecule has 0 atom stereocenters. The first-order valence-electron chi connectivity index (χ1n) is 7.88. The lowest BCUT2D eigenvalue weighted by molar-refractivity contribution is -0.167. The molecule has 0 unspecified atom stereocenters. The van der Waals surface area contributed by atoms with Gasteiger partial charge in [-0.05, 0) is 37.5 Å². The van der Waals surface area contributed by atoms with Gasteiger partial charge < -0.3 is 24.6 Å². The molecule has 1 amide bonds. The highest BCUT2D eigenvalue weighted by atomic mass is 16.5. The molecule has 1 fully saturated rings. The minimum absolute atomic E-state index is 0.0999. The molecule has 1 saturated carbocycles. The Morgan fingerprint density at radius 3 is 2.21 bits per heavy atom. The van der Waals surface area contributed by atoms with Gasteiger partial charge in [0.1, 0.15) is 5.41 Å². The van der Waals surface area contributed by atoms with E-state index >= 15 is 0 Å². The number of aromatic hydroxyl groups is 1. The van der Waals surface area contributed by atoms with Crippen molar-refractivity contribution in [2.24, 2.45) is 5.41 Å². The van der Waals surface area contributed by atoms with E-state index in [1.165, 1.54) is 14.2 Å². The highest BCUT2D eigenvalue weighted by Crippen LogP contribution is 2.42. The fourth-order valence-electron chi connectivity index (χ4n) is 2.72. The Labute approximate surface area is 140 Å². The smallest absolute Gasteiger partial charge is 0.321 e. The number of carbonyl (C=O) groups is 2. The Morgan fingerprint density at radius 1 is 1.21 bits per heavy atom. The van der Waals surface area contributed by atoms with Gasteiger partial charge in [0.25, 0.3) is 0 Å². The second-order valence-corrected chi connectivity index (χ2v) is 5.69. The predicted molar refractivity (Wildman–Crippen MR) is 86.0 cm³/mol. The third-order valence-electron chi connectivity index (χ3n) is 4.30. The molecule has 0 aromatic heterocycles. The number of hydrogen-bond donors (Lipinski definition) is 2. The summed E-state index contributed by atoms with van der Waals surface area (Å²) in [5.74, 6) is -0.394. The van der Waals surface area contributed by atoms with Gasteiger partial charge in [-0.25, -0.2) is 0 Å². The quantitative estimate of drug-likeness (QED) is 0.582. The summed E-state index contributed by atoms with van der Waals surface area (Å²) < 4.78 is 15.2. The topological polar surface area (TPSA) is 94.1 Å². The van der Waals surface area contributed by atoms with E-state index in [9.17, 15) is 14.7 Å². The van der Waals surface area contributed by atoms with Crippen LogP contribution in [-0.4, -0.2) is 37.8 Å². The van der Waals surface area contributed by atoms with Crippen LogP contribution in [-0.2, 0) is 20.9 Å². The van der Waals surface area contributed by atoms with Crippen LogP contribution in [0, 0.1) is 5.41 Å². The molecule has 0 spiro atoms. The molecule has 0 bridgehead atoms. The number of nitrogens with one attached hydrogen (secondary N) is 1.